The van der Waals surface area contributed by atoms with Crippen molar-refractivity contribution in [1.82, 2.24) is 5.32 Å². The van der Waals surface area contributed by atoms with Gasteiger partial charge in [-0.2, -0.15) is 0 Å². The first-order chi connectivity index (χ1) is 11.1. The second-order valence-corrected chi connectivity index (χ2v) is 5.29. The fourth-order valence-corrected chi connectivity index (χ4v) is 2.08. The van der Waals surface area contributed by atoms with Crippen LogP contribution in [-0.4, -0.2) is 19.4 Å². The molecule has 0 atom stereocenters. The quantitative estimate of drug-likeness (QED) is 0.748. The minimum Gasteiger partial charge on any atom is -0.494 e. The van der Waals surface area contributed by atoms with Crippen LogP contribution in [0.1, 0.15) is 6.92 Å². The van der Waals surface area contributed by atoms with Gasteiger partial charge in [0.15, 0.2) is 6.73 Å². The van der Waals surface area contributed by atoms with Crippen LogP contribution in [0.3, 0.4) is 0 Å². The minimum atomic E-state index is -0.444. The Morgan fingerprint density at radius 3 is 2.35 bits per heavy atom. The molecule has 2 aromatic rings. The number of rotatable bonds is 6. The topological polar surface area (TPSA) is 59.6 Å². The van der Waals surface area contributed by atoms with Crippen molar-refractivity contribution in [2.75, 3.05) is 18.7 Å². The van der Waals surface area contributed by atoms with Crippen LogP contribution in [0.15, 0.2) is 42.5 Å². The first-order valence-corrected chi connectivity index (χ1v) is 7.69. The second kappa shape index (κ2) is 8.50. The van der Waals surface area contributed by atoms with Crippen LogP contribution >= 0.6 is 23.2 Å². The van der Waals surface area contributed by atoms with Gasteiger partial charge in [-0.3, -0.25) is 0 Å². The summed E-state index contributed by atoms with van der Waals surface area (Å²) in [6.07, 6.45) is 0. The summed E-state index contributed by atoms with van der Waals surface area (Å²) >= 11 is 11.8. The summed E-state index contributed by atoms with van der Waals surface area (Å²) in [6, 6.07) is 11.5. The number of halogens is 2. The van der Waals surface area contributed by atoms with E-state index in [4.69, 9.17) is 32.7 Å². The molecule has 0 bridgehead atoms. The van der Waals surface area contributed by atoms with E-state index < -0.39 is 6.03 Å². The Balaban J connectivity index is 1.79. The normalized spacial score (nSPS) is 10.0. The van der Waals surface area contributed by atoms with E-state index in [1.165, 1.54) is 0 Å². The summed E-state index contributed by atoms with van der Waals surface area (Å²) in [5.74, 6) is 1.38. The van der Waals surface area contributed by atoms with Crippen molar-refractivity contribution in [3.05, 3.63) is 52.5 Å². The van der Waals surface area contributed by atoms with Crippen LogP contribution in [0, 0.1) is 0 Å². The molecular formula is C16H16Cl2N2O3. The van der Waals surface area contributed by atoms with Gasteiger partial charge in [0.2, 0.25) is 0 Å². The van der Waals surface area contributed by atoms with Crippen LogP contribution in [0.4, 0.5) is 10.5 Å². The molecule has 5 nitrogen and oxygen atoms in total. The average molecular weight is 355 g/mol. The molecule has 0 heterocycles. The monoisotopic (exact) mass is 354 g/mol. The maximum atomic E-state index is 11.8. The lowest BCUT2D eigenvalue weighted by atomic mass is 10.3. The van der Waals surface area contributed by atoms with E-state index >= 15 is 0 Å². The van der Waals surface area contributed by atoms with E-state index in [0.29, 0.717) is 28.1 Å². The third kappa shape index (κ3) is 5.54. The Hall–Kier alpha value is -2.11. The second-order valence-electron chi connectivity index (χ2n) is 4.45. The lowest BCUT2D eigenvalue weighted by Crippen LogP contribution is -2.32. The summed E-state index contributed by atoms with van der Waals surface area (Å²) in [4.78, 5) is 11.8. The number of nitrogens with one attached hydrogen (secondary N) is 2. The van der Waals surface area contributed by atoms with Gasteiger partial charge in [0.1, 0.15) is 11.5 Å². The van der Waals surface area contributed by atoms with Crippen molar-refractivity contribution in [3.63, 3.8) is 0 Å². The number of anilines is 1. The van der Waals surface area contributed by atoms with Gasteiger partial charge < -0.3 is 20.1 Å². The molecule has 2 aromatic carbocycles. The zero-order chi connectivity index (χ0) is 16.7. The van der Waals surface area contributed by atoms with Gasteiger partial charge in [0.25, 0.3) is 0 Å². The van der Waals surface area contributed by atoms with Gasteiger partial charge in [0, 0.05) is 5.02 Å². The molecule has 0 aromatic heterocycles. The molecule has 0 spiro atoms. The number of urea groups is 1. The van der Waals surface area contributed by atoms with Crippen LogP contribution in [-0.2, 0) is 0 Å². The van der Waals surface area contributed by atoms with Gasteiger partial charge >= 0.3 is 6.03 Å². The van der Waals surface area contributed by atoms with E-state index in [1.807, 2.05) is 6.92 Å². The number of amides is 2. The maximum Gasteiger partial charge on any atom is 0.321 e. The zero-order valence-corrected chi connectivity index (χ0v) is 13.9. The highest BCUT2D eigenvalue weighted by molar-refractivity contribution is 6.35. The number of carbonyl (C=O) groups is 1. The standard InChI is InChI=1S/C16H16Cl2N2O3/c1-2-22-12-4-6-13(7-5-12)23-10-19-16(21)20-15-9-11(17)3-8-14(15)18/h3-9H,2,10H2,1H3,(H2,19,20,21). The fourth-order valence-electron chi connectivity index (χ4n) is 1.74. The largest absolute Gasteiger partial charge is 0.494 e. The lowest BCUT2D eigenvalue weighted by Gasteiger charge is -2.11. The molecule has 0 saturated heterocycles. The Morgan fingerprint density at radius 2 is 1.70 bits per heavy atom. The predicted molar refractivity (Wildman–Crippen MR) is 91.7 cm³/mol. The molecule has 2 rings (SSSR count). The number of benzene rings is 2. The summed E-state index contributed by atoms with van der Waals surface area (Å²) in [6.45, 7) is 2.53. The highest BCUT2D eigenvalue weighted by Gasteiger charge is 2.06. The molecule has 2 N–H and O–H groups in total. The van der Waals surface area contributed by atoms with Crippen LogP contribution < -0.4 is 20.1 Å². The highest BCUT2D eigenvalue weighted by Crippen LogP contribution is 2.25. The number of hydrogen-bond acceptors (Lipinski definition) is 3. The number of carbonyl (C=O) groups excluding carboxylic acids is 1. The minimum absolute atomic E-state index is 0.0119. The molecule has 23 heavy (non-hydrogen) atoms. The SMILES string of the molecule is CCOc1ccc(OCNC(=O)Nc2cc(Cl)ccc2Cl)cc1. The molecule has 122 valence electrons. The number of hydrogen-bond donors (Lipinski definition) is 2. The molecule has 0 saturated carbocycles. The lowest BCUT2D eigenvalue weighted by molar-refractivity contribution is 0.234. The van der Waals surface area contributed by atoms with Crippen LogP contribution in [0.25, 0.3) is 0 Å². The summed E-state index contributed by atoms with van der Waals surface area (Å²) in [7, 11) is 0. The van der Waals surface area contributed by atoms with Gasteiger partial charge in [0.05, 0.1) is 17.3 Å². The van der Waals surface area contributed by atoms with E-state index in [2.05, 4.69) is 10.6 Å². The molecule has 2 amide bonds. The Kier molecular flexibility index (Phi) is 6.38. The molecule has 0 aliphatic rings. The van der Waals surface area contributed by atoms with Crippen molar-refractivity contribution in [2.45, 2.75) is 6.92 Å². The van der Waals surface area contributed by atoms with Gasteiger partial charge in [-0.05, 0) is 49.4 Å². The fraction of sp³-hybridized carbons (Fsp3) is 0.188. The Bertz CT molecular complexity index is 663. The van der Waals surface area contributed by atoms with Crippen molar-refractivity contribution in [1.29, 1.82) is 0 Å². The highest BCUT2D eigenvalue weighted by atomic mass is 35.5. The van der Waals surface area contributed by atoms with Gasteiger partial charge in [-0.25, -0.2) is 4.79 Å². The maximum absolute atomic E-state index is 11.8. The first kappa shape index (κ1) is 17.2. The molecule has 0 radical (unpaired) electrons. The molecule has 7 heteroatoms. The summed E-state index contributed by atoms with van der Waals surface area (Å²) in [5.41, 5.74) is 0.428. The molecule has 0 aliphatic heterocycles. The van der Waals surface area contributed by atoms with Gasteiger partial charge in [-0.15, -0.1) is 0 Å². The van der Waals surface area contributed by atoms with Crippen LogP contribution in [0.2, 0.25) is 10.0 Å². The summed E-state index contributed by atoms with van der Waals surface area (Å²) < 4.78 is 10.7. The van der Waals surface area contributed by atoms with Crippen molar-refractivity contribution in [2.24, 2.45) is 0 Å². The van der Waals surface area contributed by atoms with E-state index in [0.717, 1.165) is 5.75 Å². The zero-order valence-electron chi connectivity index (χ0n) is 12.4. The smallest absolute Gasteiger partial charge is 0.321 e. The Morgan fingerprint density at radius 1 is 1.04 bits per heavy atom. The van der Waals surface area contributed by atoms with E-state index in [1.54, 1.807) is 42.5 Å². The van der Waals surface area contributed by atoms with E-state index in [9.17, 15) is 4.79 Å². The molecule has 0 unspecified atom stereocenters. The molecular weight excluding hydrogens is 339 g/mol. The summed E-state index contributed by atoms with van der Waals surface area (Å²) in [5, 5.41) is 6.04. The third-order valence-corrected chi connectivity index (χ3v) is 3.35. The predicted octanol–water partition coefficient (Wildman–Crippen LogP) is 4.55. The number of ether oxygens (including phenoxy) is 2. The van der Waals surface area contributed by atoms with Crippen molar-refractivity contribution < 1.29 is 14.3 Å². The van der Waals surface area contributed by atoms with E-state index in [-0.39, 0.29) is 6.73 Å². The first-order valence-electron chi connectivity index (χ1n) is 6.94. The Labute approximate surface area is 144 Å². The van der Waals surface area contributed by atoms with Crippen molar-refractivity contribution in [3.8, 4) is 11.5 Å². The van der Waals surface area contributed by atoms with Gasteiger partial charge in [-0.1, -0.05) is 23.2 Å². The van der Waals surface area contributed by atoms with Crippen LogP contribution in [0.5, 0.6) is 11.5 Å². The van der Waals surface area contributed by atoms with Crippen molar-refractivity contribution >= 4 is 34.9 Å². The molecule has 0 aliphatic carbocycles. The molecule has 0 fully saturated rings. The third-order valence-electron chi connectivity index (χ3n) is 2.78. The average Bonchev–Trinajstić information content (AvgIpc) is 2.53.